The molecule has 0 saturated carbocycles. The van der Waals surface area contributed by atoms with E-state index in [4.69, 9.17) is 4.74 Å². The summed E-state index contributed by atoms with van der Waals surface area (Å²) >= 11 is 0. The lowest BCUT2D eigenvalue weighted by Crippen LogP contribution is -2.19. The molecule has 0 fully saturated rings. The number of ether oxygens (including phenoxy) is 1. The van der Waals surface area contributed by atoms with E-state index in [9.17, 15) is 4.79 Å². The van der Waals surface area contributed by atoms with Gasteiger partial charge in [-0.1, -0.05) is 26.8 Å². The van der Waals surface area contributed by atoms with E-state index in [0.29, 0.717) is 12.2 Å². The third-order valence-electron chi connectivity index (χ3n) is 3.18. The van der Waals surface area contributed by atoms with Crippen LogP contribution in [0.15, 0.2) is 12.1 Å². The molecule has 0 atom stereocenters. The zero-order valence-corrected chi connectivity index (χ0v) is 10.8. The van der Waals surface area contributed by atoms with Crippen LogP contribution in [0, 0.1) is 13.8 Å². The van der Waals surface area contributed by atoms with Crippen molar-refractivity contribution in [3.8, 4) is 5.75 Å². The molecule has 0 radical (unpaired) electrons. The Morgan fingerprint density at radius 2 is 1.94 bits per heavy atom. The van der Waals surface area contributed by atoms with Crippen molar-refractivity contribution in [1.29, 1.82) is 0 Å². The minimum atomic E-state index is 0.0239. The second-order valence-corrected chi connectivity index (χ2v) is 4.91. The van der Waals surface area contributed by atoms with Gasteiger partial charge in [-0.05, 0) is 42.9 Å². The monoisotopic (exact) mass is 220 g/mol. The van der Waals surface area contributed by atoms with Crippen molar-refractivity contribution in [2.45, 2.75) is 46.5 Å². The van der Waals surface area contributed by atoms with E-state index >= 15 is 0 Å². The number of carbonyl (C=O) groups is 1. The molecule has 16 heavy (non-hydrogen) atoms. The SMILES string of the molecule is CCC(C)(C)c1c(C)cc(C)cc1OC=O. The van der Waals surface area contributed by atoms with Crippen molar-refractivity contribution in [3.05, 3.63) is 28.8 Å². The maximum atomic E-state index is 10.5. The van der Waals surface area contributed by atoms with Gasteiger partial charge in [-0.25, -0.2) is 0 Å². The quantitative estimate of drug-likeness (QED) is 0.726. The lowest BCUT2D eigenvalue weighted by atomic mass is 9.79. The van der Waals surface area contributed by atoms with Crippen molar-refractivity contribution < 1.29 is 9.53 Å². The lowest BCUT2D eigenvalue weighted by molar-refractivity contribution is -0.120. The molecular weight excluding hydrogens is 200 g/mol. The molecule has 2 heteroatoms. The highest BCUT2D eigenvalue weighted by molar-refractivity contribution is 5.53. The Labute approximate surface area is 97.6 Å². The van der Waals surface area contributed by atoms with E-state index in [1.807, 2.05) is 13.0 Å². The maximum Gasteiger partial charge on any atom is 0.298 e. The van der Waals surface area contributed by atoms with Crippen molar-refractivity contribution in [2.75, 3.05) is 0 Å². The summed E-state index contributed by atoms with van der Waals surface area (Å²) < 4.78 is 5.11. The fourth-order valence-corrected chi connectivity index (χ4v) is 2.12. The number of benzene rings is 1. The third-order valence-corrected chi connectivity index (χ3v) is 3.18. The molecule has 2 nitrogen and oxygen atoms in total. The summed E-state index contributed by atoms with van der Waals surface area (Å²) in [5.74, 6) is 0.694. The zero-order chi connectivity index (χ0) is 12.3. The van der Waals surface area contributed by atoms with Crippen LogP contribution < -0.4 is 4.74 Å². The highest BCUT2D eigenvalue weighted by Crippen LogP contribution is 2.37. The Balaban J connectivity index is 3.40. The van der Waals surface area contributed by atoms with Crippen molar-refractivity contribution in [2.24, 2.45) is 0 Å². The third kappa shape index (κ3) is 2.43. The molecule has 0 aromatic heterocycles. The van der Waals surface area contributed by atoms with Crippen LogP contribution in [0.5, 0.6) is 5.75 Å². The molecule has 1 aromatic carbocycles. The first-order valence-corrected chi connectivity index (χ1v) is 5.64. The molecule has 0 N–H and O–H groups in total. The van der Waals surface area contributed by atoms with Crippen molar-refractivity contribution in [1.82, 2.24) is 0 Å². The predicted molar refractivity (Wildman–Crippen MR) is 65.9 cm³/mol. The Bertz CT molecular complexity index is 392. The lowest BCUT2D eigenvalue weighted by Gasteiger charge is -2.27. The maximum absolute atomic E-state index is 10.5. The van der Waals surface area contributed by atoms with Crippen LogP contribution in [-0.4, -0.2) is 6.47 Å². The number of aryl methyl sites for hydroxylation is 2. The Morgan fingerprint density at radius 1 is 1.31 bits per heavy atom. The number of rotatable bonds is 4. The molecule has 1 aromatic rings. The van der Waals surface area contributed by atoms with Gasteiger partial charge in [0.2, 0.25) is 0 Å². The summed E-state index contributed by atoms with van der Waals surface area (Å²) in [5.41, 5.74) is 3.46. The standard InChI is InChI=1S/C14H20O2/c1-6-14(4,5)13-11(3)7-10(2)8-12(13)16-9-15/h7-9H,6H2,1-5H3. The van der Waals surface area contributed by atoms with Gasteiger partial charge in [-0.2, -0.15) is 0 Å². The number of hydrogen-bond acceptors (Lipinski definition) is 2. The molecule has 0 amide bonds. The number of hydrogen-bond donors (Lipinski definition) is 0. The average molecular weight is 220 g/mol. The zero-order valence-electron chi connectivity index (χ0n) is 10.8. The molecule has 0 spiro atoms. The Kier molecular flexibility index (Phi) is 3.74. The van der Waals surface area contributed by atoms with Crippen molar-refractivity contribution >= 4 is 6.47 Å². The molecule has 0 bridgehead atoms. The normalized spacial score (nSPS) is 11.3. The molecule has 0 aliphatic rings. The largest absolute Gasteiger partial charge is 0.428 e. The minimum Gasteiger partial charge on any atom is -0.428 e. The molecule has 0 aliphatic carbocycles. The van der Waals surface area contributed by atoms with Gasteiger partial charge in [-0.15, -0.1) is 0 Å². The summed E-state index contributed by atoms with van der Waals surface area (Å²) in [6.45, 7) is 11.1. The predicted octanol–water partition coefficient (Wildman–Crippen LogP) is 3.53. The van der Waals surface area contributed by atoms with Crippen LogP contribution >= 0.6 is 0 Å². The van der Waals surface area contributed by atoms with Crippen LogP contribution in [0.25, 0.3) is 0 Å². The first-order valence-electron chi connectivity index (χ1n) is 5.64. The van der Waals surface area contributed by atoms with Gasteiger partial charge in [0.1, 0.15) is 5.75 Å². The van der Waals surface area contributed by atoms with Gasteiger partial charge in [-0.3, -0.25) is 4.79 Å². The molecule has 0 unspecified atom stereocenters. The molecule has 1 rings (SSSR count). The molecule has 0 heterocycles. The second-order valence-electron chi connectivity index (χ2n) is 4.91. The first-order chi connectivity index (χ1) is 7.42. The van der Waals surface area contributed by atoms with E-state index in [1.54, 1.807) is 0 Å². The van der Waals surface area contributed by atoms with E-state index < -0.39 is 0 Å². The van der Waals surface area contributed by atoms with Gasteiger partial charge in [0.05, 0.1) is 0 Å². The number of carbonyl (C=O) groups excluding carboxylic acids is 1. The first kappa shape index (κ1) is 12.8. The van der Waals surface area contributed by atoms with E-state index in [-0.39, 0.29) is 5.41 Å². The highest BCUT2D eigenvalue weighted by atomic mass is 16.5. The van der Waals surface area contributed by atoms with Crippen LogP contribution in [0.4, 0.5) is 0 Å². The fourth-order valence-electron chi connectivity index (χ4n) is 2.12. The molecule has 88 valence electrons. The average Bonchev–Trinajstić information content (AvgIpc) is 2.16. The fraction of sp³-hybridized carbons (Fsp3) is 0.500. The van der Waals surface area contributed by atoms with Gasteiger partial charge < -0.3 is 4.74 Å². The van der Waals surface area contributed by atoms with Gasteiger partial charge in [0, 0.05) is 5.56 Å². The molecule has 0 aliphatic heterocycles. The van der Waals surface area contributed by atoms with E-state index in [2.05, 4.69) is 33.8 Å². The van der Waals surface area contributed by atoms with Gasteiger partial charge in [0.15, 0.2) is 0 Å². The summed E-state index contributed by atoms with van der Waals surface area (Å²) in [6.07, 6.45) is 1.01. The Hall–Kier alpha value is -1.31. The molecule has 0 saturated heterocycles. The summed E-state index contributed by atoms with van der Waals surface area (Å²) in [4.78, 5) is 10.5. The van der Waals surface area contributed by atoms with Crippen molar-refractivity contribution in [3.63, 3.8) is 0 Å². The smallest absolute Gasteiger partial charge is 0.298 e. The highest BCUT2D eigenvalue weighted by Gasteiger charge is 2.25. The van der Waals surface area contributed by atoms with Gasteiger partial charge in [0.25, 0.3) is 6.47 Å². The van der Waals surface area contributed by atoms with E-state index in [1.165, 1.54) is 5.56 Å². The topological polar surface area (TPSA) is 26.3 Å². The minimum absolute atomic E-state index is 0.0239. The molecular formula is C14H20O2. The van der Waals surface area contributed by atoms with E-state index in [0.717, 1.165) is 17.5 Å². The van der Waals surface area contributed by atoms with Crippen LogP contribution in [0.3, 0.4) is 0 Å². The Morgan fingerprint density at radius 3 is 2.44 bits per heavy atom. The van der Waals surface area contributed by atoms with Crippen LogP contribution in [0.2, 0.25) is 0 Å². The summed E-state index contributed by atoms with van der Waals surface area (Å²) in [7, 11) is 0. The second kappa shape index (κ2) is 4.69. The summed E-state index contributed by atoms with van der Waals surface area (Å²) in [6, 6.07) is 4.05. The van der Waals surface area contributed by atoms with Crippen LogP contribution in [0.1, 0.15) is 43.9 Å². The van der Waals surface area contributed by atoms with Gasteiger partial charge >= 0.3 is 0 Å². The van der Waals surface area contributed by atoms with Crippen LogP contribution in [-0.2, 0) is 10.2 Å². The summed E-state index contributed by atoms with van der Waals surface area (Å²) in [5, 5.41) is 0.